The molecule has 1 aromatic carbocycles. The zero-order chi connectivity index (χ0) is 29.0. The van der Waals surface area contributed by atoms with E-state index in [-0.39, 0.29) is 31.3 Å². The van der Waals surface area contributed by atoms with Crippen molar-refractivity contribution in [2.24, 2.45) is 0 Å². The molecule has 226 valence electrons. The number of aliphatic hydroxyl groups is 2. The highest BCUT2D eigenvalue weighted by Crippen LogP contribution is 2.34. The van der Waals surface area contributed by atoms with Crippen LogP contribution < -0.4 is 20.1 Å². The summed E-state index contributed by atoms with van der Waals surface area (Å²) in [6, 6.07) is 5.26. The third-order valence-electron chi connectivity index (χ3n) is 7.45. The Morgan fingerprint density at radius 2 is 2.02 bits per heavy atom. The number of fused-ring (bicyclic) bond motifs is 3. The molecule has 0 spiro atoms. The van der Waals surface area contributed by atoms with E-state index in [2.05, 4.69) is 20.5 Å². The number of ether oxygens (including phenoxy) is 3. The number of rotatable bonds is 8. The first-order valence-corrected chi connectivity index (χ1v) is 15.0. The smallest absolute Gasteiger partial charge is 0.252 e. The van der Waals surface area contributed by atoms with Gasteiger partial charge in [-0.05, 0) is 51.2 Å². The quantitative estimate of drug-likeness (QED) is 0.271. The molecule has 0 saturated carbocycles. The molecule has 1 fully saturated rings. The lowest BCUT2D eigenvalue weighted by Crippen LogP contribution is -2.36. The predicted molar refractivity (Wildman–Crippen MR) is 156 cm³/mol. The van der Waals surface area contributed by atoms with Crippen LogP contribution in [0.4, 0.5) is 0 Å². The van der Waals surface area contributed by atoms with E-state index in [9.17, 15) is 15.0 Å². The van der Waals surface area contributed by atoms with E-state index in [4.69, 9.17) is 25.8 Å². The van der Waals surface area contributed by atoms with Gasteiger partial charge in [-0.1, -0.05) is 18.0 Å². The Morgan fingerprint density at radius 1 is 1.20 bits per heavy atom. The molecule has 1 saturated heterocycles. The van der Waals surface area contributed by atoms with Gasteiger partial charge in [0.2, 0.25) is 0 Å². The molecule has 10 nitrogen and oxygen atoms in total. The number of carbonyl (C=O) groups is 1. The molecule has 0 aliphatic carbocycles. The highest BCUT2D eigenvalue weighted by Gasteiger charge is 2.18. The van der Waals surface area contributed by atoms with Crippen molar-refractivity contribution in [3.8, 4) is 11.5 Å². The first-order valence-electron chi connectivity index (χ1n) is 14.6. The lowest BCUT2D eigenvalue weighted by molar-refractivity contribution is -0.0692. The van der Waals surface area contributed by atoms with E-state index in [1.54, 1.807) is 24.5 Å². The zero-order valence-corrected chi connectivity index (χ0v) is 24.6. The molecule has 2 aromatic rings. The van der Waals surface area contributed by atoms with Crippen molar-refractivity contribution >= 4 is 17.5 Å². The lowest BCUT2D eigenvalue weighted by Gasteiger charge is -2.29. The molecule has 2 aliphatic heterocycles. The van der Waals surface area contributed by atoms with Crippen molar-refractivity contribution in [3.05, 3.63) is 52.3 Å². The number of amides is 1. The van der Waals surface area contributed by atoms with Crippen LogP contribution in [-0.2, 0) is 17.9 Å². The summed E-state index contributed by atoms with van der Waals surface area (Å²) in [7, 11) is 0. The monoisotopic (exact) mass is 590 g/mol. The van der Waals surface area contributed by atoms with Crippen LogP contribution in [0.15, 0.2) is 30.6 Å². The Bertz CT molecular complexity index is 1110. The number of carbonyl (C=O) groups excluding carboxylic acids is 1. The van der Waals surface area contributed by atoms with Crippen LogP contribution in [0.3, 0.4) is 0 Å². The average Bonchev–Trinajstić information content (AvgIpc) is 2.97. The Morgan fingerprint density at radius 3 is 2.83 bits per heavy atom. The maximum Gasteiger partial charge on any atom is 0.252 e. The predicted octanol–water partition coefficient (Wildman–Crippen LogP) is 3.27. The summed E-state index contributed by atoms with van der Waals surface area (Å²) in [6.07, 6.45) is 7.49. The fraction of sp³-hybridized carbons (Fsp3) is 0.600. The number of nitrogens with zero attached hydrogens (tertiary/aromatic N) is 2. The number of hydrogen-bond donors (Lipinski definition) is 4. The average molecular weight is 591 g/mol. The molecule has 41 heavy (non-hydrogen) atoms. The summed E-state index contributed by atoms with van der Waals surface area (Å²) < 4.78 is 18.2. The highest BCUT2D eigenvalue weighted by molar-refractivity contribution is 6.32. The molecular formula is C30H43ClN4O6. The van der Waals surface area contributed by atoms with E-state index in [0.29, 0.717) is 41.8 Å². The minimum absolute atomic E-state index is 0.00226. The van der Waals surface area contributed by atoms with E-state index < -0.39 is 6.29 Å². The third kappa shape index (κ3) is 10.1. The van der Waals surface area contributed by atoms with Gasteiger partial charge >= 0.3 is 0 Å². The number of halogens is 1. The van der Waals surface area contributed by atoms with Crippen LogP contribution in [0, 0.1) is 0 Å². The number of piperidine rings is 1. The number of aromatic nitrogens is 1. The molecule has 3 heterocycles. The van der Waals surface area contributed by atoms with Gasteiger partial charge in [0.05, 0.1) is 29.9 Å². The fourth-order valence-electron chi connectivity index (χ4n) is 5.02. The first-order chi connectivity index (χ1) is 19.9. The van der Waals surface area contributed by atoms with Gasteiger partial charge in [-0.2, -0.15) is 0 Å². The molecular weight excluding hydrogens is 548 g/mol. The number of pyridine rings is 1. The van der Waals surface area contributed by atoms with Gasteiger partial charge in [0, 0.05) is 68.4 Å². The van der Waals surface area contributed by atoms with Crippen molar-refractivity contribution in [1.29, 1.82) is 0 Å². The number of likely N-dealkylation sites (tertiary alicyclic amines) is 1. The third-order valence-corrected chi connectivity index (χ3v) is 7.75. The van der Waals surface area contributed by atoms with Gasteiger partial charge in [0.1, 0.15) is 18.1 Å². The molecule has 2 bridgehead atoms. The van der Waals surface area contributed by atoms with Crippen LogP contribution in [-0.4, -0.2) is 83.8 Å². The zero-order valence-electron chi connectivity index (χ0n) is 23.8. The van der Waals surface area contributed by atoms with Crippen molar-refractivity contribution in [1.82, 2.24) is 20.5 Å². The number of hydrogen-bond acceptors (Lipinski definition) is 9. The summed E-state index contributed by atoms with van der Waals surface area (Å²) in [4.78, 5) is 19.1. The van der Waals surface area contributed by atoms with E-state index in [0.717, 1.165) is 69.3 Å². The molecule has 4 rings (SSSR count). The minimum atomic E-state index is -0.517. The van der Waals surface area contributed by atoms with Crippen LogP contribution in [0.5, 0.6) is 11.5 Å². The van der Waals surface area contributed by atoms with Crippen LogP contribution in [0.2, 0.25) is 5.02 Å². The standard InChI is InChI=1S/C30H43ClN4O6/c1-21(39-12-4-9-35-10-6-26(37)7-11-35)41-29-15-28-23(14-27(29)31)18-34-25(19-36)5-2-3-8-33-30(38)24-13-22(20-40-28)16-32-17-24/h13-17,21,25-26,34,36-37H,2-12,18-20H2,1H3,(H,33,38)/t21?,25-/m0/s1. The second kappa shape index (κ2) is 16.2. The molecule has 1 amide bonds. The topological polar surface area (TPSA) is 125 Å². The molecule has 1 aromatic heterocycles. The summed E-state index contributed by atoms with van der Waals surface area (Å²) in [6.45, 7) is 6.35. The van der Waals surface area contributed by atoms with E-state index in [1.165, 1.54) is 0 Å². The second-order valence-corrected chi connectivity index (χ2v) is 11.2. The van der Waals surface area contributed by atoms with Crippen molar-refractivity contribution in [3.63, 3.8) is 0 Å². The molecule has 11 heteroatoms. The van der Waals surface area contributed by atoms with Crippen LogP contribution in [0.1, 0.15) is 66.9 Å². The maximum atomic E-state index is 12.6. The molecule has 0 radical (unpaired) electrons. The Hall–Kier alpha value is -2.47. The van der Waals surface area contributed by atoms with Crippen molar-refractivity contribution < 1.29 is 29.2 Å². The largest absolute Gasteiger partial charge is 0.488 e. The van der Waals surface area contributed by atoms with Crippen LogP contribution >= 0.6 is 11.6 Å². The van der Waals surface area contributed by atoms with Gasteiger partial charge in [0.15, 0.2) is 6.29 Å². The molecule has 2 aliphatic rings. The van der Waals surface area contributed by atoms with Crippen molar-refractivity contribution in [2.45, 2.75) is 77.0 Å². The van der Waals surface area contributed by atoms with Gasteiger partial charge < -0.3 is 40.0 Å². The van der Waals surface area contributed by atoms with Gasteiger partial charge in [-0.15, -0.1) is 0 Å². The van der Waals surface area contributed by atoms with Gasteiger partial charge in [0.25, 0.3) is 5.91 Å². The number of nitrogens with one attached hydrogen (secondary N) is 2. The molecule has 4 N–H and O–H groups in total. The summed E-state index contributed by atoms with van der Waals surface area (Å²) >= 11 is 6.64. The van der Waals surface area contributed by atoms with E-state index >= 15 is 0 Å². The van der Waals surface area contributed by atoms with E-state index in [1.807, 2.05) is 13.0 Å². The minimum Gasteiger partial charge on any atom is -0.488 e. The summed E-state index contributed by atoms with van der Waals surface area (Å²) in [5.74, 6) is 0.854. The number of aliphatic hydroxyl groups excluding tert-OH is 2. The molecule has 2 atom stereocenters. The fourth-order valence-corrected chi connectivity index (χ4v) is 5.25. The van der Waals surface area contributed by atoms with Gasteiger partial charge in [-0.3, -0.25) is 9.78 Å². The van der Waals surface area contributed by atoms with Crippen molar-refractivity contribution in [2.75, 3.05) is 39.4 Å². The Kier molecular flexibility index (Phi) is 12.5. The Balaban J connectivity index is 1.42. The second-order valence-electron chi connectivity index (χ2n) is 10.8. The normalized spacial score (nSPS) is 20.5. The summed E-state index contributed by atoms with van der Waals surface area (Å²) in [5.41, 5.74) is 2.07. The maximum absolute atomic E-state index is 12.6. The summed E-state index contributed by atoms with van der Waals surface area (Å²) in [5, 5.41) is 26.3. The first kappa shape index (κ1) is 31.5. The lowest BCUT2D eigenvalue weighted by atomic mass is 10.1. The molecule has 1 unspecified atom stereocenters. The highest BCUT2D eigenvalue weighted by atomic mass is 35.5. The number of benzene rings is 1. The van der Waals surface area contributed by atoms with Crippen LogP contribution in [0.25, 0.3) is 0 Å². The SMILES string of the molecule is CC(OCCCN1CCC(O)CC1)Oc1cc2c(cc1Cl)CN[C@H](CO)CCCCNC(=O)c1cncc(c1)CO2. The van der Waals surface area contributed by atoms with Gasteiger partial charge in [-0.25, -0.2) is 0 Å². The Labute approximate surface area is 247 Å².